The van der Waals surface area contributed by atoms with Gasteiger partial charge in [0.15, 0.2) is 0 Å². The van der Waals surface area contributed by atoms with Gasteiger partial charge in [0.2, 0.25) is 0 Å². The molecule has 1 aliphatic rings. The van der Waals surface area contributed by atoms with Gasteiger partial charge in [0.25, 0.3) is 0 Å². The molecular formula is C17H24ClNO4. The first-order valence-electron chi connectivity index (χ1n) is 7.82. The van der Waals surface area contributed by atoms with E-state index in [1.165, 1.54) is 11.1 Å². The number of benzene rings is 1. The van der Waals surface area contributed by atoms with Crippen molar-refractivity contribution < 1.29 is 19.8 Å². The molecule has 0 aliphatic carbocycles. The van der Waals surface area contributed by atoms with Gasteiger partial charge in [-0.1, -0.05) is 24.3 Å². The normalized spacial score (nSPS) is 16.5. The fourth-order valence-electron chi connectivity index (χ4n) is 2.46. The monoisotopic (exact) mass is 341 g/mol. The zero-order chi connectivity index (χ0) is 17.1. The smallest absolute Gasteiger partial charge is 0.303 e. The van der Waals surface area contributed by atoms with E-state index in [0.29, 0.717) is 24.6 Å². The van der Waals surface area contributed by atoms with Gasteiger partial charge >= 0.3 is 11.9 Å². The van der Waals surface area contributed by atoms with Crippen molar-refractivity contribution in [3.05, 3.63) is 35.4 Å². The van der Waals surface area contributed by atoms with E-state index in [9.17, 15) is 9.59 Å². The number of rotatable bonds is 6. The van der Waals surface area contributed by atoms with Crippen molar-refractivity contribution >= 4 is 23.5 Å². The minimum atomic E-state index is -0.870. The lowest BCUT2D eigenvalue weighted by Crippen LogP contribution is -2.20. The fourth-order valence-corrected chi connectivity index (χ4v) is 2.73. The Bertz CT molecular complexity index is 491. The highest BCUT2D eigenvalue weighted by Crippen LogP contribution is 2.23. The molecule has 0 saturated heterocycles. The zero-order valence-corrected chi connectivity index (χ0v) is 13.9. The van der Waals surface area contributed by atoms with Crippen molar-refractivity contribution in [3.8, 4) is 0 Å². The van der Waals surface area contributed by atoms with Crippen molar-refractivity contribution in [2.75, 3.05) is 19.0 Å². The number of aliphatic carboxylic acids is 2. The van der Waals surface area contributed by atoms with Crippen molar-refractivity contribution in [1.82, 2.24) is 5.32 Å². The molecule has 2 rings (SSSR count). The Morgan fingerprint density at radius 3 is 2.30 bits per heavy atom. The summed E-state index contributed by atoms with van der Waals surface area (Å²) in [5, 5.41) is 19.7. The third kappa shape index (κ3) is 8.00. The molecule has 1 aromatic rings. The number of hydrogen-bond acceptors (Lipinski definition) is 3. The number of carbonyl (C=O) groups is 2. The number of halogens is 1. The first-order valence-corrected chi connectivity index (χ1v) is 8.36. The molecule has 1 aromatic carbocycles. The summed E-state index contributed by atoms with van der Waals surface area (Å²) in [5.74, 6) is -0.541. The summed E-state index contributed by atoms with van der Waals surface area (Å²) in [4.78, 5) is 19.8. The molecule has 0 radical (unpaired) electrons. The van der Waals surface area contributed by atoms with Gasteiger partial charge in [-0.25, -0.2) is 0 Å². The lowest BCUT2D eigenvalue weighted by Gasteiger charge is -2.13. The second-order valence-electron chi connectivity index (χ2n) is 5.50. The average Bonchev–Trinajstić information content (AvgIpc) is 2.74. The molecule has 0 fully saturated rings. The molecule has 1 heterocycles. The number of nitrogens with one attached hydrogen (secondary N) is 1. The van der Waals surface area contributed by atoms with Gasteiger partial charge in [0, 0.05) is 31.2 Å². The van der Waals surface area contributed by atoms with Crippen LogP contribution < -0.4 is 5.32 Å². The Morgan fingerprint density at radius 2 is 1.74 bits per heavy atom. The van der Waals surface area contributed by atoms with Gasteiger partial charge in [-0.3, -0.25) is 9.59 Å². The maximum absolute atomic E-state index is 9.90. The first-order chi connectivity index (χ1) is 11.0. The number of carboxylic acids is 2. The Labute approximate surface area is 141 Å². The van der Waals surface area contributed by atoms with E-state index in [-0.39, 0.29) is 12.8 Å². The molecule has 1 aliphatic heterocycles. The van der Waals surface area contributed by atoms with Crippen LogP contribution in [0.1, 0.15) is 42.7 Å². The van der Waals surface area contributed by atoms with Crippen LogP contribution in [0.3, 0.4) is 0 Å². The second kappa shape index (κ2) is 11.0. The van der Waals surface area contributed by atoms with E-state index in [2.05, 4.69) is 29.6 Å². The summed E-state index contributed by atoms with van der Waals surface area (Å²) in [6.07, 6.45) is 2.15. The van der Waals surface area contributed by atoms with E-state index in [0.717, 1.165) is 19.5 Å². The summed E-state index contributed by atoms with van der Waals surface area (Å²) < 4.78 is 0. The standard InChI is InChI=1S/C11H14ClN.C6H10O4/c12-7-10-8-13-6-5-9-3-1-2-4-11(9)10;7-5(8)3-1-2-4-6(9)10/h1-4,10,13H,5-8H2;1-4H2,(H,7,8)(H,9,10)/t10-;/m1./s1. The largest absolute Gasteiger partial charge is 0.481 e. The van der Waals surface area contributed by atoms with Gasteiger partial charge in [-0.05, 0) is 36.9 Å². The molecule has 1 atom stereocenters. The number of unbranched alkanes of at least 4 members (excludes halogenated alkanes) is 1. The first kappa shape index (κ1) is 19.5. The van der Waals surface area contributed by atoms with Gasteiger partial charge < -0.3 is 15.5 Å². The molecular weight excluding hydrogens is 318 g/mol. The molecule has 0 amide bonds. The summed E-state index contributed by atoms with van der Waals surface area (Å²) in [7, 11) is 0. The van der Waals surface area contributed by atoms with Gasteiger partial charge in [0.05, 0.1) is 0 Å². The average molecular weight is 342 g/mol. The molecule has 0 unspecified atom stereocenters. The summed E-state index contributed by atoms with van der Waals surface area (Å²) in [6.45, 7) is 2.09. The minimum absolute atomic E-state index is 0.0628. The predicted octanol–water partition coefficient (Wildman–Crippen LogP) is 2.87. The van der Waals surface area contributed by atoms with Crippen molar-refractivity contribution in [2.24, 2.45) is 0 Å². The number of hydrogen-bond donors (Lipinski definition) is 3. The van der Waals surface area contributed by atoms with E-state index in [1.54, 1.807) is 0 Å². The van der Waals surface area contributed by atoms with Crippen molar-refractivity contribution in [3.63, 3.8) is 0 Å². The Balaban J connectivity index is 0.000000241. The Hall–Kier alpha value is -1.59. The number of fused-ring (bicyclic) bond motifs is 1. The Kier molecular flexibility index (Phi) is 9.33. The van der Waals surface area contributed by atoms with Crippen LogP contribution in [0, 0.1) is 0 Å². The quantitative estimate of drug-likeness (QED) is 0.547. The molecule has 0 saturated carbocycles. The third-order valence-corrected chi connectivity index (χ3v) is 4.05. The van der Waals surface area contributed by atoms with Crippen LogP contribution in [0.4, 0.5) is 0 Å². The van der Waals surface area contributed by atoms with Gasteiger partial charge in [-0.2, -0.15) is 0 Å². The number of carboxylic acid groups (broad SMARTS) is 2. The molecule has 0 aromatic heterocycles. The number of alkyl halides is 1. The summed E-state index contributed by atoms with van der Waals surface area (Å²) >= 11 is 5.94. The lowest BCUT2D eigenvalue weighted by atomic mass is 9.95. The van der Waals surface area contributed by atoms with E-state index >= 15 is 0 Å². The topological polar surface area (TPSA) is 86.6 Å². The highest BCUT2D eigenvalue weighted by atomic mass is 35.5. The van der Waals surface area contributed by atoms with Crippen molar-refractivity contribution in [1.29, 1.82) is 0 Å². The second-order valence-corrected chi connectivity index (χ2v) is 5.81. The molecule has 0 spiro atoms. The van der Waals surface area contributed by atoms with E-state index < -0.39 is 11.9 Å². The highest BCUT2D eigenvalue weighted by molar-refractivity contribution is 6.18. The summed E-state index contributed by atoms with van der Waals surface area (Å²) in [6, 6.07) is 8.62. The predicted molar refractivity (Wildman–Crippen MR) is 90.2 cm³/mol. The maximum Gasteiger partial charge on any atom is 0.303 e. The van der Waals surface area contributed by atoms with Crippen LogP contribution in [0.15, 0.2) is 24.3 Å². The lowest BCUT2D eigenvalue weighted by molar-refractivity contribution is -0.139. The molecule has 128 valence electrons. The van der Waals surface area contributed by atoms with Crippen LogP contribution in [0.2, 0.25) is 0 Å². The molecule has 5 nitrogen and oxygen atoms in total. The maximum atomic E-state index is 9.90. The minimum Gasteiger partial charge on any atom is -0.481 e. The molecule has 23 heavy (non-hydrogen) atoms. The zero-order valence-electron chi connectivity index (χ0n) is 13.1. The van der Waals surface area contributed by atoms with E-state index in [4.69, 9.17) is 21.8 Å². The molecule has 6 heteroatoms. The molecule has 3 N–H and O–H groups in total. The third-order valence-electron chi connectivity index (χ3n) is 3.67. The van der Waals surface area contributed by atoms with Crippen LogP contribution in [-0.4, -0.2) is 41.1 Å². The van der Waals surface area contributed by atoms with Crippen LogP contribution in [0.25, 0.3) is 0 Å². The van der Waals surface area contributed by atoms with E-state index in [1.807, 2.05) is 0 Å². The van der Waals surface area contributed by atoms with Gasteiger partial charge in [0.1, 0.15) is 0 Å². The Morgan fingerprint density at radius 1 is 1.13 bits per heavy atom. The van der Waals surface area contributed by atoms with Crippen molar-refractivity contribution in [2.45, 2.75) is 38.0 Å². The highest BCUT2D eigenvalue weighted by Gasteiger charge is 2.16. The van der Waals surface area contributed by atoms with Crippen LogP contribution in [-0.2, 0) is 16.0 Å². The fraction of sp³-hybridized carbons (Fsp3) is 0.529. The van der Waals surface area contributed by atoms with Gasteiger partial charge in [-0.15, -0.1) is 11.6 Å². The van der Waals surface area contributed by atoms with Crippen LogP contribution in [0.5, 0.6) is 0 Å². The molecule has 0 bridgehead atoms. The van der Waals surface area contributed by atoms with Crippen LogP contribution >= 0.6 is 11.6 Å². The summed E-state index contributed by atoms with van der Waals surface area (Å²) in [5.41, 5.74) is 2.89. The SMILES string of the molecule is ClC[C@@H]1CNCCc2ccccc21.O=C(O)CCCCC(=O)O.